The van der Waals surface area contributed by atoms with Crippen LogP contribution in [0.25, 0.3) is 6.08 Å². The first-order valence-corrected chi connectivity index (χ1v) is 7.17. The van der Waals surface area contributed by atoms with Crippen LogP contribution in [0.2, 0.25) is 0 Å². The predicted molar refractivity (Wildman–Crippen MR) is 88.8 cm³/mol. The molecule has 0 heterocycles. The van der Waals surface area contributed by atoms with Gasteiger partial charge >= 0.3 is 5.97 Å². The van der Waals surface area contributed by atoms with Gasteiger partial charge in [-0.05, 0) is 42.0 Å². The Morgan fingerprint density at radius 2 is 1.76 bits per heavy atom. The summed E-state index contributed by atoms with van der Waals surface area (Å²) in [5.74, 6) is -1.82. The molecule has 0 aliphatic carbocycles. The van der Waals surface area contributed by atoms with E-state index in [4.69, 9.17) is 9.47 Å². The van der Waals surface area contributed by atoms with Crippen molar-refractivity contribution in [2.75, 3.05) is 13.7 Å². The molecule has 0 bridgehead atoms. The van der Waals surface area contributed by atoms with Gasteiger partial charge in [0.1, 0.15) is 0 Å². The second kappa shape index (κ2) is 7.87. The van der Waals surface area contributed by atoms with Crippen LogP contribution in [0.5, 0.6) is 23.0 Å². The van der Waals surface area contributed by atoms with E-state index in [0.29, 0.717) is 11.3 Å². The molecular formula is C18H16O7. The number of hydrogen-bond donors (Lipinski definition) is 3. The number of ether oxygens (including phenoxy) is 2. The summed E-state index contributed by atoms with van der Waals surface area (Å²) >= 11 is 0. The van der Waals surface area contributed by atoms with E-state index < -0.39 is 24.1 Å². The monoisotopic (exact) mass is 344 g/mol. The van der Waals surface area contributed by atoms with E-state index >= 15 is 0 Å². The van der Waals surface area contributed by atoms with E-state index in [2.05, 4.69) is 0 Å². The molecule has 0 saturated carbocycles. The Balaban J connectivity index is 1.92. The van der Waals surface area contributed by atoms with Crippen molar-refractivity contribution in [2.24, 2.45) is 0 Å². The second-order valence-electron chi connectivity index (χ2n) is 5.00. The summed E-state index contributed by atoms with van der Waals surface area (Å²) in [5, 5.41) is 28.2. The van der Waals surface area contributed by atoms with E-state index in [-0.39, 0.29) is 17.1 Å². The van der Waals surface area contributed by atoms with Crippen LogP contribution in [0.4, 0.5) is 0 Å². The van der Waals surface area contributed by atoms with Gasteiger partial charge in [0.25, 0.3) is 0 Å². The molecular weight excluding hydrogens is 328 g/mol. The van der Waals surface area contributed by atoms with Crippen LogP contribution in [0.15, 0.2) is 42.5 Å². The van der Waals surface area contributed by atoms with Crippen molar-refractivity contribution in [3.63, 3.8) is 0 Å². The molecule has 0 fully saturated rings. The van der Waals surface area contributed by atoms with Gasteiger partial charge in [-0.25, -0.2) is 4.79 Å². The normalized spacial score (nSPS) is 10.6. The van der Waals surface area contributed by atoms with E-state index in [9.17, 15) is 24.9 Å². The SMILES string of the molecule is COc1ccc(/C=C/C(=O)OCC(=O)c2ccc(O)c(O)c2)cc1O. The number of phenolic OH excluding ortho intramolecular Hbond substituents is 3. The van der Waals surface area contributed by atoms with Crippen LogP contribution in [-0.4, -0.2) is 40.8 Å². The molecule has 2 rings (SSSR count). The van der Waals surface area contributed by atoms with Crippen molar-refractivity contribution in [3.8, 4) is 23.0 Å². The lowest BCUT2D eigenvalue weighted by Crippen LogP contribution is -2.12. The molecule has 2 aromatic rings. The molecule has 0 unspecified atom stereocenters. The largest absolute Gasteiger partial charge is 0.504 e. The van der Waals surface area contributed by atoms with Gasteiger partial charge in [-0.3, -0.25) is 4.79 Å². The molecule has 0 amide bonds. The highest BCUT2D eigenvalue weighted by Crippen LogP contribution is 2.27. The van der Waals surface area contributed by atoms with Gasteiger partial charge < -0.3 is 24.8 Å². The lowest BCUT2D eigenvalue weighted by atomic mass is 10.1. The predicted octanol–water partition coefficient (Wildman–Crippen LogP) is 2.25. The van der Waals surface area contributed by atoms with Crippen molar-refractivity contribution >= 4 is 17.8 Å². The minimum absolute atomic E-state index is 0.0691. The lowest BCUT2D eigenvalue weighted by molar-refractivity contribution is -0.136. The third-order valence-electron chi connectivity index (χ3n) is 3.26. The number of hydrogen-bond acceptors (Lipinski definition) is 7. The number of aromatic hydroxyl groups is 3. The number of rotatable bonds is 6. The van der Waals surface area contributed by atoms with Gasteiger partial charge in [0, 0.05) is 11.6 Å². The lowest BCUT2D eigenvalue weighted by Gasteiger charge is -2.04. The zero-order valence-electron chi connectivity index (χ0n) is 13.3. The van der Waals surface area contributed by atoms with Crippen molar-refractivity contribution in [3.05, 3.63) is 53.6 Å². The first-order chi connectivity index (χ1) is 11.9. The number of ketones is 1. The average Bonchev–Trinajstić information content (AvgIpc) is 2.60. The molecule has 2 aromatic carbocycles. The zero-order valence-corrected chi connectivity index (χ0v) is 13.3. The number of methoxy groups -OCH3 is 1. The first-order valence-electron chi connectivity index (χ1n) is 7.17. The molecule has 0 aromatic heterocycles. The molecule has 130 valence electrons. The number of benzene rings is 2. The van der Waals surface area contributed by atoms with Crippen LogP contribution in [0, 0.1) is 0 Å². The van der Waals surface area contributed by atoms with Crippen LogP contribution in [0.3, 0.4) is 0 Å². The van der Waals surface area contributed by atoms with Crippen LogP contribution < -0.4 is 4.74 Å². The van der Waals surface area contributed by atoms with Crippen molar-refractivity contribution < 1.29 is 34.4 Å². The Bertz CT molecular complexity index is 824. The first kappa shape index (κ1) is 17.9. The van der Waals surface area contributed by atoms with Crippen molar-refractivity contribution in [1.82, 2.24) is 0 Å². The van der Waals surface area contributed by atoms with E-state index in [1.54, 1.807) is 12.1 Å². The van der Waals surface area contributed by atoms with Crippen molar-refractivity contribution in [2.45, 2.75) is 0 Å². The molecule has 7 nitrogen and oxygen atoms in total. The summed E-state index contributed by atoms with van der Waals surface area (Å²) in [4.78, 5) is 23.5. The van der Waals surface area contributed by atoms with Crippen LogP contribution in [-0.2, 0) is 9.53 Å². The Morgan fingerprint density at radius 1 is 1.00 bits per heavy atom. The number of phenols is 3. The fraction of sp³-hybridized carbons (Fsp3) is 0.111. The zero-order chi connectivity index (χ0) is 18.4. The minimum Gasteiger partial charge on any atom is -0.504 e. The smallest absolute Gasteiger partial charge is 0.331 e. The number of esters is 1. The Kier molecular flexibility index (Phi) is 5.62. The van der Waals surface area contributed by atoms with Gasteiger partial charge in [0.15, 0.2) is 35.4 Å². The fourth-order valence-electron chi connectivity index (χ4n) is 1.94. The summed E-state index contributed by atoms with van der Waals surface area (Å²) in [7, 11) is 1.42. The van der Waals surface area contributed by atoms with E-state index in [1.807, 2.05) is 0 Å². The van der Waals surface area contributed by atoms with Gasteiger partial charge in [0.2, 0.25) is 0 Å². The Labute approximate surface area is 143 Å². The Morgan fingerprint density at radius 3 is 2.40 bits per heavy atom. The summed E-state index contributed by atoms with van der Waals surface area (Å²) in [6.07, 6.45) is 2.53. The topological polar surface area (TPSA) is 113 Å². The highest BCUT2D eigenvalue weighted by Gasteiger charge is 2.11. The third kappa shape index (κ3) is 4.74. The summed E-state index contributed by atoms with van der Waals surface area (Å²) in [5.41, 5.74) is 0.650. The maximum atomic E-state index is 11.9. The highest BCUT2D eigenvalue weighted by molar-refractivity contribution is 5.99. The Hall–Kier alpha value is -3.48. The molecule has 25 heavy (non-hydrogen) atoms. The number of carbonyl (C=O) groups is 2. The minimum atomic E-state index is -0.744. The maximum absolute atomic E-state index is 11.9. The molecule has 0 spiro atoms. The number of Topliss-reactive ketones (excluding diaryl/α,β-unsaturated/α-hetero) is 1. The second-order valence-corrected chi connectivity index (χ2v) is 5.00. The third-order valence-corrected chi connectivity index (χ3v) is 3.26. The summed E-state index contributed by atoms with van der Waals surface area (Å²) < 4.78 is 9.73. The molecule has 0 aliphatic rings. The van der Waals surface area contributed by atoms with Crippen LogP contribution >= 0.6 is 0 Å². The molecule has 0 radical (unpaired) electrons. The number of carbonyl (C=O) groups excluding carboxylic acids is 2. The van der Waals surface area contributed by atoms with Gasteiger partial charge in [-0.2, -0.15) is 0 Å². The van der Waals surface area contributed by atoms with Gasteiger partial charge in [-0.1, -0.05) is 6.07 Å². The van der Waals surface area contributed by atoms with Gasteiger partial charge in [-0.15, -0.1) is 0 Å². The summed E-state index contributed by atoms with van der Waals surface area (Å²) in [6.45, 7) is -0.513. The average molecular weight is 344 g/mol. The molecule has 0 saturated heterocycles. The maximum Gasteiger partial charge on any atom is 0.331 e. The quantitative estimate of drug-likeness (QED) is 0.319. The van der Waals surface area contributed by atoms with Gasteiger partial charge in [0.05, 0.1) is 7.11 Å². The molecule has 0 atom stereocenters. The summed E-state index contributed by atoms with van der Waals surface area (Å²) in [6, 6.07) is 8.14. The standard InChI is InChI=1S/C18H16O7/c1-24-17-6-2-11(8-15(17)21)3-7-18(23)25-10-16(22)12-4-5-13(19)14(20)9-12/h2-9,19-21H,10H2,1H3/b7-3+. The fourth-order valence-corrected chi connectivity index (χ4v) is 1.94. The van der Waals surface area contributed by atoms with Crippen LogP contribution in [0.1, 0.15) is 15.9 Å². The molecule has 7 heteroatoms. The van der Waals surface area contributed by atoms with E-state index in [1.165, 1.54) is 31.4 Å². The van der Waals surface area contributed by atoms with E-state index in [0.717, 1.165) is 12.1 Å². The van der Waals surface area contributed by atoms with Crippen molar-refractivity contribution in [1.29, 1.82) is 0 Å². The highest BCUT2D eigenvalue weighted by atomic mass is 16.5. The molecule has 0 aliphatic heterocycles. The molecule has 3 N–H and O–H groups in total.